The highest BCUT2D eigenvalue weighted by Crippen LogP contribution is 2.10. The van der Waals surface area contributed by atoms with Crippen LogP contribution in [0.4, 0.5) is 0 Å². The minimum atomic E-state index is -1.17. The Morgan fingerprint density at radius 3 is 1.48 bits per heavy atom. The van der Waals surface area contributed by atoms with E-state index in [4.69, 9.17) is 20.4 Å². The van der Waals surface area contributed by atoms with E-state index in [-0.39, 0.29) is 13.0 Å². The number of carbonyl (C=O) groups is 4. The predicted octanol–water partition coefficient (Wildman–Crippen LogP) is -0.902. The maximum Gasteiger partial charge on any atom is 0.317 e. The number of hydrogen-bond donors (Lipinski definition) is 4. The van der Waals surface area contributed by atoms with E-state index >= 15 is 0 Å². The van der Waals surface area contributed by atoms with Crippen molar-refractivity contribution in [2.45, 2.75) is 25.8 Å². The van der Waals surface area contributed by atoms with E-state index in [1.54, 1.807) is 6.92 Å². The number of carboxylic acids is 4. The first-order chi connectivity index (χ1) is 10.6. The molecule has 0 unspecified atom stereocenters. The Labute approximate surface area is 132 Å². The molecule has 0 rings (SSSR count). The van der Waals surface area contributed by atoms with E-state index < -0.39 is 56.1 Å². The molecule has 0 saturated carbocycles. The maximum atomic E-state index is 10.8. The van der Waals surface area contributed by atoms with Crippen LogP contribution in [0.2, 0.25) is 0 Å². The van der Waals surface area contributed by atoms with Gasteiger partial charge in [-0.3, -0.25) is 29.0 Å². The second-order valence-electron chi connectivity index (χ2n) is 5.04. The van der Waals surface area contributed by atoms with Crippen molar-refractivity contribution < 1.29 is 39.6 Å². The third kappa shape index (κ3) is 10.2. The van der Waals surface area contributed by atoms with E-state index in [2.05, 4.69) is 0 Å². The molecule has 0 aromatic carbocycles. The fraction of sp³-hybridized carbons (Fsp3) is 0.692. The van der Waals surface area contributed by atoms with Gasteiger partial charge >= 0.3 is 23.9 Å². The van der Waals surface area contributed by atoms with Gasteiger partial charge in [-0.05, 0) is 12.8 Å². The zero-order valence-electron chi connectivity index (χ0n) is 12.8. The van der Waals surface area contributed by atoms with Gasteiger partial charge in [0, 0.05) is 12.6 Å². The van der Waals surface area contributed by atoms with Crippen molar-refractivity contribution in [1.82, 2.24) is 9.80 Å². The summed E-state index contributed by atoms with van der Waals surface area (Å²) in [7, 11) is 0. The van der Waals surface area contributed by atoms with Crippen LogP contribution in [0.5, 0.6) is 0 Å². The smallest absolute Gasteiger partial charge is 0.317 e. The Bertz CT molecular complexity index is 408. The van der Waals surface area contributed by atoms with Crippen LogP contribution in [-0.2, 0) is 19.2 Å². The second kappa shape index (κ2) is 10.5. The lowest BCUT2D eigenvalue weighted by molar-refractivity contribution is -0.143. The fourth-order valence-electron chi connectivity index (χ4n) is 2.23. The van der Waals surface area contributed by atoms with Gasteiger partial charge in [0.1, 0.15) is 0 Å². The molecular formula is C13H22N2O8. The second-order valence-corrected chi connectivity index (χ2v) is 5.04. The summed E-state index contributed by atoms with van der Waals surface area (Å²) in [5.74, 6) is -4.69. The van der Waals surface area contributed by atoms with Crippen LogP contribution in [-0.4, -0.2) is 92.9 Å². The van der Waals surface area contributed by atoms with Gasteiger partial charge < -0.3 is 20.4 Å². The lowest BCUT2D eigenvalue weighted by atomic mass is 10.1. The van der Waals surface area contributed by atoms with E-state index in [9.17, 15) is 19.2 Å². The molecular weight excluding hydrogens is 312 g/mol. The van der Waals surface area contributed by atoms with Crippen LogP contribution in [0.15, 0.2) is 0 Å². The van der Waals surface area contributed by atoms with Crippen molar-refractivity contribution in [3.63, 3.8) is 0 Å². The summed E-state index contributed by atoms with van der Waals surface area (Å²) >= 11 is 0. The van der Waals surface area contributed by atoms with E-state index in [0.29, 0.717) is 6.42 Å². The summed E-state index contributed by atoms with van der Waals surface area (Å²) in [5.41, 5.74) is 0. The molecule has 0 bridgehead atoms. The minimum absolute atomic E-state index is 0.104. The van der Waals surface area contributed by atoms with Crippen LogP contribution in [0, 0.1) is 0 Å². The standard InChI is InChI=1S/C13H22N2O8/c1-2-9(15(7-12(20)21)8-13(22)23)3-4-14(5-10(16)17)6-11(18)19/h9H,2-8H2,1H3,(H,16,17)(H,18,19)(H,20,21)(H,22,23)/t9-/m0/s1. The van der Waals surface area contributed by atoms with Gasteiger partial charge in [-0.15, -0.1) is 0 Å². The summed E-state index contributed by atoms with van der Waals surface area (Å²) < 4.78 is 0. The average molecular weight is 334 g/mol. The topological polar surface area (TPSA) is 156 Å². The lowest BCUT2D eigenvalue weighted by Gasteiger charge is -2.30. The first-order valence-corrected chi connectivity index (χ1v) is 6.99. The van der Waals surface area contributed by atoms with Gasteiger partial charge in [-0.25, -0.2) is 0 Å². The molecule has 1 atom stereocenters. The minimum Gasteiger partial charge on any atom is -0.480 e. The Morgan fingerprint density at radius 1 is 0.783 bits per heavy atom. The Kier molecular flexibility index (Phi) is 9.51. The van der Waals surface area contributed by atoms with Crippen LogP contribution < -0.4 is 0 Å². The third-order valence-electron chi connectivity index (χ3n) is 3.16. The van der Waals surface area contributed by atoms with Gasteiger partial charge in [0.05, 0.1) is 26.2 Å². The van der Waals surface area contributed by atoms with Gasteiger partial charge in [-0.1, -0.05) is 6.92 Å². The van der Waals surface area contributed by atoms with E-state index in [0.717, 1.165) is 0 Å². The lowest BCUT2D eigenvalue weighted by Crippen LogP contribution is -2.44. The van der Waals surface area contributed by atoms with Crippen LogP contribution >= 0.6 is 0 Å². The SMILES string of the molecule is CC[C@@H](CCN(CC(=O)O)CC(=O)O)N(CC(=O)O)CC(=O)O. The van der Waals surface area contributed by atoms with Gasteiger partial charge in [-0.2, -0.15) is 0 Å². The predicted molar refractivity (Wildman–Crippen MR) is 77.3 cm³/mol. The summed E-state index contributed by atoms with van der Waals surface area (Å²) in [5, 5.41) is 35.2. The largest absolute Gasteiger partial charge is 0.480 e. The summed E-state index contributed by atoms with van der Waals surface area (Å²) in [6.07, 6.45) is 0.714. The summed E-state index contributed by atoms with van der Waals surface area (Å²) in [6, 6.07) is -0.410. The summed E-state index contributed by atoms with van der Waals surface area (Å²) in [4.78, 5) is 45.6. The molecule has 0 aromatic heterocycles. The molecule has 0 heterocycles. The Hall–Kier alpha value is -2.20. The molecule has 0 aromatic rings. The fourth-order valence-corrected chi connectivity index (χ4v) is 2.23. The van der Waals surface area contributed by atoms with Crippen molar-refractivity contribution >= 4 is 23.9 Å². The van der Waals surface area contributed by atoms with Crippen molar-refractivity contribution in [1.29, 1.82) is 0 Å². The van der Waals surface area contributed by atoms with E-state index in [1.165, 1.54) is 9.80 Å². The summed E-state index contributed by atoms with van der Waals surface area (Å²) in [6.45, 7) is 0.0273. The highest BCUT2D eigenvalue weighted by Gasteiger charge is 2.23. The van der Waals surface area contributed by atoms with Crippen LogP contribution in [0.3, 0.4) is 0 Å². The first kappa shape index (κ1) is 20.8. The average Bonchev–Trinajstić information content (AvgIpc) is 2.36. The molecule has 0 spiro atoms. The first-order valence-electron chi connectivity index (χ1n) is 6.99. The zero-order chi connectivity index (χ0) is 18.0. The third-order valence-corrected chi connectivity index (χ3v) is 3.16. The van der Waals surface area contributed by atoms with Gasteiger partial charge in [0.2, 0.25) is 0 Å². The number of rotatable bonds is 13. The molecule has 10 nitrogen and oxygen atoms in total. The van der Waals surface area contributed by atoms with Crippen LogP contribution in [0.1, 0.15) is 19.8 Å². The molecule has 0 aliphatic heterocycles. The van der Waals surface area contributed by atoms with E-state index in [1.807, 2.05) is 0 Å². The van der Waals surface area contributed by atoms with Gasteiger partial charge in [0.25, 0.3) is 0 Å². The van der Waals surface area contributed by atoms with Crippen LogP contribution in [0.25, 0.3) is 0 Å². The highest BCUT2D eigenvalue weighted by molar-refractivity contribution is 5.73. The number of hydrogen-bond acceptors (Lipinski definition) is 6. The monoisotopic (exact) mass is 334 g/mol. The Morgan fingerprint density at radius 2 is 1.17 bits per heavy atom. The van der Waals surface area contributed by atoms with Crippen molar-refractivity contribution in [2.24, 2.45) is 0 Å². The maximum absolute atomic E-state index is 10.8. The molecule has 0 aliphatic carbocycles. The normalized spacial score (nSPS) is 12.3. The number of aliphatic carboxylic acids is 4. The molecule has 4 N–H and O–H groups in total. The number of nitrogens with zero attached hydrogens (tertiary/aromatic N) is 2. The molecule has 0 saturated heterocycles. The Balaban J connectivity index is 4.83. The van der Waals surface area contributed by atoms with Gasteiger partial charge in [0.15, 0.2) is 0 Å². The molecule has 0 amide bonds. The van der Waals surface area contributed by atoms with Crippen molar-refractivity contribution in [2.75, 3.05) is 32.7 Å². The molecule has 23 heavy (non-hydrogen) atoms. The molecule has 0 fully saturated rings. The molecule has 0 aliphatic rings. The van der Waals surface area contributed by atoms with Crippen molar-refractivity contribution in [3.8, 4) is 0 Å². The molecule has 132 valence electrons. The molecule has 0 radical (unpaired) electrons. The number of carboxylic acid groups (broad SMARTS) is 4. The quantitative estimate of drug-likeness (QED) is 0.333. The zero-order valence-corrected chi connectivity index (χ0v) is 12.8. The highest BCUT2D eigenvalue weighted by atomic mass is 16.4. The van der Waals surface area contributed by atoms with Crippen molar-refractivity contribution in [3.05, 3.63) is 0 Å². The molecule has 10 heteroatoms.